The van der Waals surface area contributed by atoms with Gasteiger partial charge < -0.3 is 14.9 Å². The third-order valence-corrected chi connectivity index (χ3v) is 5.49. The van der Waals surface area contributed by atoms with Crippen LogP contribution >= 0.6 is 23.2 Å². The quantitative estimate of drug-likeness (QED) is 0.811. The fourth-order valence-corrected chi connectivity index (χ4v) is 3.98. The monoisotopic (exact) mass is 380 g/mol. The zero-order chi connectivity index (χ0) is 18.2. The molecule has 3 rings (SSSR count). The van der Waals surface area contributed by atoms with E-state index in [4.69, 9.17) is 33.0 Å². The zero-order valence-corrected chi connectivity index (χ0v) is 15.1. The Bertz CT molecular complexity index is 807. The first-order valence-electron chi connectivity index (χ1n) is 7.89. The molecule has 6 heteroatoms. The molecule has 2 atom stereocenters. The van der Waals surface area contributed by atoms with Gasteiger partial charge in [0.25, 0.3) is 0 Å². The van der Waals surface area contributed by atoms with E-state index in [0.29, 0.717) is 18.4 Å². The second-order valence-corrected chi connectivity index (χ2v) is 7.41. The summed E-state index contributed by atoms with van der Waals surface area (Å²) in [6, 6.07) is 11.6. The number of benzene rings is 2. The van der Waals surface area contributed by atoms with Crippen molar-refractivity contribution in [3.8, 4) is 5.75 Å². The van der Waals surface area contributed by atoms with E-state index < -0.39 is 24.1 Å². The molecule has 0 aromatic heterocycles. The molecule has 2 unspecified atom stereocenters. The van der Waals surface area contributed by atoms with Gasteiger partial charge in [-0.2, -0.15) is 0 Å². The minimum atomic E-state index is -1.10. The molecule has 1 aliphatic rings. The maximum atomic E-state index is 10.9. The van der Waals surface area contributed by atoms with Crippen molar-refractivity contribution < 1.29 is 19.7 Å². The van der Waals surface area contributed by atoms with Crippen LogP contribution < -0.4 is 4.74 Å². The van der Waals surface area contributed by atoms with Crippen molar-refractivity contribution in [3.63, 3.8) is 0 Å². The van der Waals surface area contributed by atoms with Gasteiger partial charge >= 0.3 is 5.97 Å². The number of hydrogen-bond acceptors (Lipinski definition) is 3. The second-order valence-electron chi connectivity index (χ2n) is 6.65. The number of aliphatic hydroxyl groups excluding tert-OH is 1. The molecule has 1 aliphatic carbocycles. The Hall–Kier alpha value is -1.75. The van der Waals surface area contributed by atoms with E-state index in [-0.39, 0.29) is 15.8 Å². The molecule has 4 nitrogen and oxygen atoms in total. The van der Waals surface area contributed by atoms with E-state index in [1.807, 2.05) is 37.3 Å². The van der Waals surface area contributed by atoms with Crippen molar-refractivity contribution >= 4 is 29.2 Å². The van der Waals surface area contributed by atoms with Crippen LogP contribution in [-0.2, 0) is 17.6 Å². The second kappa shape index (κ2) is 6.87. The Morgan fingerprint density at radius 3 is 2.60 bits per heavy atom. The Morgan fingerprint density at radius 2 is 1.96 bits per heavy atom. The molecule has 0 saturated carbocycles. The Morgan fingerprint density at radius 1 is 1.28 bits per heavy atom. The van der Waals surface area contributed by atoms with Gasteiger partial charge in [0.15, 0.2) is 6.61 Å². The third kappa shape index (κ3) is 3.47. The number of aliphatic hydroxyl groups is 1. The van der Waals surface area contributed by atoms with Gasteiger partial charge in [0, 0.05) is 11.0 Å². The van der Waals surface area contributed by atoms with Crippen LogP contribution in [0.2, 0.25) is 10.0 Å². The van der Waals surface area contributed by atoms with Crippen molar-refractivity contribution in [1.29, 1.82) is 0 Å². The maximum Gasteiger partial charge on any atom is 0.341 e. The Balaban J connectivity index is 1.93. The number of carbonyl (C=O) groups is 1. The first kappa shape index (κ1) is 18.1. The summed E-state index contributed by atoms with van der Waals surface area (Å²) in [5.41, 5.74) is 2.14. The number of carboxylic acid groups (broad SMARTS) is 1. The van der Waals surface area contributed by atoms with Gasteiger partial charge in [-0.15, -0.1) is 0 Å². The molecule has 2 N–H and O–H groups in total. The van der Waals surface area contributed by atoms with E-state index in [1.54, 1.807) is 6.07 Å². The summed E-state index contributed by atoms with van der Waals surface area (Å²) in [4.78, 5) is 10.7. The number of fused-ring (bicyclic) bond motifs is 1. The predicted octanol–water partition coefficient (Wildman–Crippen LogP) is 4.30. The lowest BCUT2D eigenvalue weighted by Gasteiger charge is -2.28. The average Bonchev–Trinajstić information content (AvgIpc) is 2.81. The van der Waals surface area contributed by atoms with E-state index >= 15 is 0 Å². The topological polar surface area (TPSA) is 66.8 Å². The first-order valence-corrected chi connectivity index (χ1v) is 8.65. The number of aliphatic carboxylic acids is 1. The van der Waals surface area contributed by atoms with Gasteiger partial charge in [-0.05, 0) is 30.0 Å². The smallest absolute Gasteiger partial charge is 0.341 e. The highest BCUT2D eigenvalue weighted by Crippen LogP contribution is 2.53. The SMILES string of the molecule is CC1(Cc2ccccc2)Cc2cc(OCC(=O)O)c(Cl)c(Cl)c2C1O. The molecule has 2 aromatic carbocycles. The number of ether oxygens (including phenoxy) is 1. The molecule has 0 spiro atoms. The minimum Gasteiger partial charge on any atom is -0.480 e. The average molecular weight is 381 g/mol. The van der Waals surface area contributed by atoms with Gasteiger partial charge in [0.1, 0.15) is 10.8 Å². The van der Waals surface area contributed by atoms with Gasteiger partial charge in [-0.3, -0.25) is 0 Å². The number of rotatable bonds is 5. The van der Waals surface area contributed by atoms with Crippen molar-refractivity contribution in [1.82, 2.24) is 0 Å². The molecule has 0 aliphatic heterocycles. The molecule has 132 valence electrons. The molecule has 0 radical (unpaired) electrons. The summed E-state index contributed by atoms with van der Waals surface area (Å²) in [5, 5.41) is 20.0. The van der Waals surface area contributed by atoms with E-state index in [1.165, 1.54) is 0 Å². The molecule has 2 aromatic rings. The molecule has 0 heterocycles. The van der Waals surface area contributed by atoms with Crippen molar-refractivity contribution in [2.45, 2.75) is 25.9 Å². The minimum absolute atomic E-state index is 0.129. The lowest BCUT2D eigenvalue weighted by atomic mass is 9.79. The summed E-state index contributed by atoms with van der Waals surface area (Å²) in [6.07, 6.45) is 0.517. The van der Waals surface area contributed by atoms with E-state index in [9.17, 15) is 9.90 Å². The van der Waals surface area contributed by atoms with Gasteiger partial charge in [0.2, 0.25) is 0 Å². The first-order chi connectivity index (χ1) is 11.8. The van der Waals surface area contributed by atoms with Crippen LogP contribution in [0.15, 0.2) is 36.4 Å². The molecule has 0 bridgehead atoms. The Labute approximate surface area is 156 Å². The van der Waals surface area contributed by atoms with Crippen LogP contribution in [0.25, 0.3) is 0 Å². The van der Waals surface area contributed by atoms with Crippen LogP contribution in [0.1, 0.15) is 29.7 Å². The van der Waals surface area contributed by atoms with Crippen LogP contribution in [0.4, 0.5) is 0 Å². The zero-order valence-electron chi connectivity index (χ0n) is 13.6. The van der Waals surface area contributed by atoms with Crippen LogP contribution in [0.3, 0.4) is 0 Å². The van der Waals surface area contributed by atoms with Crippen LogP contribution in [-0.4, -0.2) is 22.8 Å². The summed E-state index contributed by atoms with van der Waals surface area (Å²) < 4.78 is 5.23. The fourth-order valence-electron chi connectivity index (χ4n) is 3.45. The normalized spacial score (nSPS) is 21.8. The molecular weight excluding hydrogens is 363 g/mol. The lowest BCUT2D eigenvalue weighted by Crippen LogP contribution is -2.25. The summed E-state index contributed by atoms with van der Waals surface area (Å²) in [6.45, 7) is 1.51. The number of hydrogen-bond donors (Lipinski definition) is 2. The molecular formula is C19H18Cl2O4. The highest BCUT2D eigenvalue weighted by atomic mass is 35.5. The van der Waals surface area contributed by atoms with Crippen LogP contribution in [0, 0.1) is 5.41 Å². The largest absolute Gasteiger partial charge is 0.480 e. The van der Waals surface area contributed by atoms with Gasteiger partial charge in [-0.25, -0.2) is 4.79 Å². The van der Waals surface area contributed by atoms with Crippen molar-refractivity contribution in [2.24, 2.45) is 5.41 Å². The lowest BCUT2D eigenvalue weighted by molar-refractivity contribution is -0.139. The summed E-state index contributed by atoms with van der Waals surface area (Å²) in [5.74, 6) is -0.870. The predicted molar refractivity (Wildman–Crippen MR) is 96.5 cm³/mol. The fraction of sp³-hybridized carbons (Fsp3) is 0.316. The highest BCUT2D eigenvalue weighted by molar-refractivity contribution is 6.43. The summed E-state index contributed by atoms with van der Waals surface area (Å²) in [7, 11) is 0. The Kier molecular flexibility index (Phi) is 4.96. The molecule has 0 saturated heterocycles. The van der Waals surface area contributed by atoms with Crippen molar-refractivity contribution in [3.05, 3.63) is 63.1 Å². The molecule has 0 fully saturated rings. The maximum absolute atomic E-state index is 10.9. The van der Waals surface area contributed by atoms with E-state index in [2.05, 4.69) is 0 Å². The summed E-state index contributed by atoms with van der Waals surface area (Å²) >= 11 is 12.6. The van der Waals surface area contributed by atoms with E-state index in [0.717, 1.165) is 11.1 Å². The molecule has 25 heavy (non-hydrogen) atoms. The standard InChI is InChI=1S/C19H18Cl2O4/c1-19(8-11-5-3-2-4-6-11)9-12-7-13(25-10-14(22)23)16(20)17(21)15(12)18(19)24/h2-7,18,24H,8-10H2,1H3,(H,22,23). The highest BCUT2D eigenvalue weighted by Gasteiger charge is 2.44. The number of carboxylic acids is 1. The third-order valence-electron chi connectivity index (χ3n) is 4.63. The van der Waals surface area contributed by atoms with Gasteiger partial charge in [-0.1, -0.05) is 60.5 Å². The number of halogens is 2. The molecule has 0 amide bonds. The van der Waals surface area contributed by atoms with Crippen LogP contribution in [0.5, 0.6) is 5.75 Å². The van der Waals surface area contributed by atoms with Gasteiger partial charge in [0.05, 0.1) is 11.1 Å². The van der Waals surface area contributed by atoms with Crippen molar-refractivity contribution in [2.75, 3.05) is 6.61 Å².